The lowest BCUT2D eigenvalue weighted by molar-refractivity contribution is -0.129. The molecule has 1 aliphatic heterocycles. The molecule has 39 heavy (non-hydrogen) atoms. The molecule has 11 heteroatoms. The van der Waals surface area contributed by atoms with Crippen LogP contribution in [0.25, 0.3) is 0 Å². The van der Waals surface area contributed by atoms with E-state index in [1.165, 1.54) is 30.2 Å². The molecule has 0 saturated carbocycles. The zero-order chi connectivity index (χ0) is 27.2. The fraction of sp³-hybridized carbons (Fsp3) is 0.250. The molecule has 5 rings (SSSR count). The molecule has 1 aliphatic rings. The van der Waals surface area contributed by atoms with Crippen LogP contribution in [-0.4, -0.2) is 46.0 Å². The second-order valence-electron chi connectivity index (χ2n) is 8.82. The smallest absolute Gasteiger partial charge is 0.219 e. The molecule has 198 valence electrons. The number of nitrogens with zero attached hydrogens (tertiary/aromatic N) is 5. The first-order valence-corrected chi connectivity index (χ1v) is 14.1. The molecule has 9 nitrogen and oxygen atoms in total. The number of ether oxygens (including phenoxy) is 2. The van der Waals surface area contributed by atoms with Crippen LogP contribution in [0.5, 0.6) is 17.2 Å². The van der Waals surface area contributed by atoms with Gasteiger partial charge in [-0.05, 0) is 31.0 Å². The number of para-hydroxylation sites is 1. The number of piperidine rings is 1. The normalized spacial score (nSPS) is 13.5. The minimum absolute atomic E-state index is 0.126. The zero-order valence-electron chi connectivity index (χ0n) is 21.5. The number of nitrogens with one attached hydrogen (secondary N) is 1. The Hall–Kier alpha value is -4.14. The van der Waals surface area contributed by atoms with E-state index < -0.39 is 0 Å². The van der Waals surface area contributed by atoms with E-state index >= 15 is 0 Å². The first-order chi connectivity index (χ1) is 19.0. The highest BCUT2D eigenvalue weighted by atomic mass is 32.2. The summed E-state index contributed by atoms with van der Waals surface area (Å²) in [7, 11) is 1.52. The number of benzene rings is 1. The molecular weight excluding hydrogens is 532 g/mol. The summed E-state index contributed by atoms with van der Waals surface area (Å²) in [6, 6.07) is 15.3. The summed E-state index contributed by atoms with van der Waals surface area (Å²) in [5.74, 6) is 2.62. The summed E-state index contributed by atoms with van der Waals surface area (Å²) in [5.41, 5.74) is 1.25. The molecule has 1 N–H and O–H groups in total. The van der Waals surface area contributed by atoms with Crippen LogP contribution in [0.2, 0.25) is 0 Å². The van der Waals surface area contributed by atoms with E-state index in [1.807, 2.05) is 41.3 Å². The molecule has 1 aromatic carbocycles. The number of anilines is 2. The highest BCUT2D eigenvalue weighted by Crippen LogP contribution is 2.40. The third-order valence-corrected chi connectivity index (χ3v) is 8.09. The van der Waals surface area contributed by atoms with Crippen molar-refractivity contribution in [1.82, 2.24) is 19.9 Å². The maximum Gasteiger partial charge on any atom is 0.219 e. The number of pyridine rings is 2. The van der Waals surface area contributed by atoms with E-state index in [4.69, 9.17) is 14.5 Å². The molecule has 0 spiro atoms. The van der Waals surface area contributed by atoms with Gasteiger partial charge in [0.2, 0.25) is 5.91 Å². The fourth-order valence-electron chi connectivity index (χ4n) is 4.31. The molecule has 0 radical (unpaired) electrons. The second-order valence-corrected chi connectivity index (χ2v) is 10.8. The molecule has 0 bridgehead atoms. The van der Waals surface area contributed by atoms with Crippen molar-refractivity contribution in [1.29, 1.82) is 5.26 Å². The Morgan fingerprint density at radius 1 is 1.21 bits per heavy atom. The highest BCUT2D eigenvalue weighted by molar-refractivity contribution is 7.99. The van der Waals surface area contributed by atoms with Crippen LogP contribution in [0.4, 0.5) is 10.9 Å². The van der Waals surface area contributed by atoms with Crippen LogP contribution in [0.15, 0.2) is 70.0 Å². The Bertz CT molecular complexity index is 1500. The number of amides is 1. The Morgan fingerprint density at radius 2 is 2.00 bits per heavy atom. The standard InChI is InChI=1S/C28H26N6O3S2/c1-18(35)34-12-9-19(10-13-34)23-17-38-28(32-23)33-27-24(37-20-6-4-3-5-7-20)14-21(16-31-27)39-25-8-11-30-22(15-29)26(25)36-2/h3-8,11,14,16-17,19H,9-10,12-13H2,1-2H3,(H,31,32,33). The topological polar surface area (TPSA) is 113 Å². The van der Waals surface area contributed by atoms with Crippen LogP contribution >= 0.6 is 23.1 Å². The Balaban J connectivity index is 1.38. The molecule has 1 fully saturated rings. The summed E-state index contributed by atoms with van der Waals surface area (Å²) in [6.07, 6.45) is 5.13. The van der Waals surface area contributed by atoms with Gasteiger partial charge in [0.05, 0.1) is 17.7 Å². The van der Waals surface area contributed by atoms with Crippen molar-refractivity contribution in [3.63, 3.8) is 0 Å². The van der Waals surface area contributed by atoms with Gasteiger partial charge in [-0.3, -0.25) is 4.79 Å². The fourth-order valence-corrected chi connectivity index (χ4v) is 6.03. The van der Waals surface area contributed by atoms with Crippen LogP contribution in [0, 0.1) is 11.3 Å². The predicted octanol–water partition coefficient (Wildman–Crippen LogP) is 6.23. The maximum atomic E-state index is 11.7. The lowest BCUT2D eigenvalue weighted by Crippen LogP contribution is -2.36. The van der Waals surface area contributed by atoms with Gasteiger partial charge in [0.25, 0.3) is 0 Å². The first kappa shape index (κ1) is 26.5. The van der Waals surface area contributed by atoms with Gasteiger partial charge in [0, 0.05) is 54.7 Å². The molecular formula is C28H26N6O3S2. The largest absolute Gasteiger partial charge is 0.493 e. The third-order valence-electron chi connectivity index (χ3n) is 6.31. The molecule has 0 aliphatic carbocycles. The monoisotopic (exact) mass is 558 g/mol. The average Bonchev–Trinajstić information content (AvgIpc) is 3.43. The molecule has 3 aromatic heterocycles. The third kappa shape index (κ3) is 6.30. The van der Waals surface area contributed by atoms with Crippen molar-refractivity contribution in [2.45, 2.75) is 35.5 Å². The molecule has 1 amide bonds. The lowest BCUT2D eigenvalue weighted by atomic mass is 9.94. The Kier molecular flexibility index (Phi) is 8.24. The van der Waals surface area contributed by atoms with E-state index in [2.05, 4.69) is 26.7 Å². The van der Waals surface area contributed by atoms with Gasteiger partial charge in [-0.15, -0.1) is 11.3 Å². The maximum absolute atomic E-state index is 11.7. The minimum atomic E-state index is 0.126. The van der Waals surface area contributed by atoms with Crippen LogP contribution in [0.3, 0.4) is 0 Å². The number of rotatable bonds is 8. The van der Waals surface area contributed by atoms with Crippen LogP contribution in [-0.2, 0) is 4.79 Å². The van der Waals surface area contributed by atoms with Gasteiger partial charge < -0.3 is 19.7 Å². The molecule has 4 heterocycles. The van der Waals surface area contributed by atoms with E-state index in [-0.39, 0.29) is 11.6 Å². The van der Waals surface area contributed by atoms with Crippen LogP contribution < -0.4 is 14.8 Å². The van der Waals surface area contributed by atoms with Gasteiger partial charge >= 0.3 is 0 Å². The van der Waals surface area contributed by atoms with Crippen molar-refractivity contribution in [3.8, 4) is 23.3 Å². The van der Waals surface area contributed by atoms with Gasteiger partial charge in [-0.25, -0.2) is 15.0 Å². The average molecular weight is 559 g/mol. The number of hydrogen-bond donors (Lipinski definition) is 1. The number of likely N-dealkylation sites (tertiary alicyclic amines) is 1. The Morgan fingerprint density at radius 3 is 2.72 bits per heavy atom. The van der Waals surface area contributed by atoms with Gasteiger partial charge in [-0.1, -0.05) is 30.0 Å². The number of hydrogen-bond acceptors (Lipinski definition) is 10. The number of carbonyl (C=O) groups is 1. The quantitative estimate of drug-likeness (QED) is 0.269. The summed E-state index contributed by atoms with van der Waals surface area (Å²) >= 11 is 2.92. The van der Waals surface area contributed by atoms with Crippen molar-refractivity contribution in [3.05, 3.63) is 71.6 Å². The summed E-state index contributed by atoms with van der Waals surface area (Å²) < 4.78 is 11.7. The second kappa shape index (κ2) is 12.1. The van der Waals surface area contributed by atoms with Gasteiger partial charge in [0.15, 0.2) is 28.1 Å². The SMILES string of the molecule is COc1c(Sc2cnc(Nc3nc(C4CCN(C(C)=O)CC4)cs3)c(Oc3ccccc3)c2)ccnc1C#N. The summed E-state index contributed by atoms with van der Waals surface area (Å²) in [5, 5.41) is 15.5. The van der Waals surface area contributed by atoms with Crippen molar-refractivity contribution in [2.24, 2.45) is 0 Å². The highest BCUT2D eigenvalue weighted by Gasteiger charge is 2.24. The van der Waals surface area contributed by atoms with Crippen LogP contribution in [0.1, 0.15) is 37.1 Å². The van der Waals surface area contributed by atoms with Crippen molar-refractivity contribution in [2.75, 3.05) is 25.5 Å². The van der Waals surface area contributed by atoms with E-state index in [1.54, 1.807) is 25.4 Å². The number of carbonyl (C=O) groups excluding carboxylic acids is 1. The number of thiazole rings is 1. The van der Waals surface area contributed by atoms with Crippen molar-refractivity contribution >= 4 is 40.0 Å². The van der Waals surface area contributed by atoms with E-state index in [9.17, 15) is 10.1 Å². The number of methoxy groups -OCH3 is 1. The summed E-state index contributed by atoms with van der Waals surface area (Å²) in [6.45, 7) is 3.14. The van der Waals surface area contributed by atoms with E-state index in [0.717, 1.165) is 46.5 Å². The minimum Gasteiger partial charge on any atom is -0.493 e. The molecule has 0 atom stereocenters. The predicted molar refractivity (Wildman–Crippen MR) is 150 cm³/mol. The van der Waals surface area contributed by atoms with Gasteiger partial charge in [-0.2, -0.15) is 5.26 Å². The molecule has 4 aromatic rings. The van der Waals surface area contributed by atoms with Gasteiger partial charge in [0.1, 0.15) is 11.8 Å². The Labute approximate surface area is 234 Å². The molecule has 0 unspecified atom stereocenters. The summed E-state index contributed by atoms with van der Waals surface area (Å²) in [4.78, 5) is 28.7. The number of aromatic nitrogens is 3. The first-order valence-electron chi connectivity index (χ1n) is 12.4. The molecule has 1 saturated heterocycles. The number of nitriles is 1. The van der Waals surface area contributed by atoms with E-state index in [0.29, 0.717) is 29.0 Å². The zero-order valence-corrected chi connectivity index (χ0v) is 23.1. The van der Waals surface area contributed by atoms with Crippen molar-refractivity contribution < 1.29 is 14.3 Å². The lowest BCUT2D eigenvalue weighted by Gasteiger charge is -2.30.